The number of alkyl halides is 1. The van der Waals surface area contributed by atoms with Crippen LogP contribution in [0.15, 0.2) is 24.4 Å². The number of hydrogen-bond acceptors (Lipinski definition) is 1. The van der Waals surface area contributed by atoms with Crippen LogP contribution >= 0.6 is 32.9 Å². The van der Waals surface area contributed by atoms with Crippen LogP contribution in [-0.2, 0) is 5.33 Å². The molecule has 0 aromatic carbocycles. The number of pyridine rings is 1. The van der Waals surface area contributed by atoms with Gasteiger partial charge < -0.3 is 0 Å². The lowest BCUT2D eigenvalue weighted by molar-refractivity contribution is 1.19. The van der Waals surface area contributed by atoms with E-state index in [1.165, 1.54) is 0 Å². The first-order valence-electron chi connectivity index (χ1n) is 2.39. The molecule has 3 heteroatoms. The Morgan fingerprint density at radius 3 is 2.67 bits per heavy atom. The second-order valence-electron chi connectivity index (χ2n) is 1.45. The molecule has 0 amide bonds. The summed E-state index contributed by atoms with van der Waals surface area (Å²) in [7, 11) is 0. The molecule has 0 aliphatic carbocycles. The van der Waals surface area contributed by atoms with Crippen molar-refractivity contribution in [1.29, 1.82) is 0 Å². The number of halogens is 2. The Morgan fingerprint density at radius 2 is 2.33 bits per heavy atom. The summed E-state index contributed by atoms with van der Waals surface area (Å²) in [5, 5.41) is 0.841. The van der Waals surface area contributed by atoms with E-state index in [9.17, 15) is 0 Å². The first kappa shape index (κ1) is 9.11. The van der Waals surface area contributed by atoms with Crippen LogP contribution in [0.1, 0.15) is 7.12 Å². The van der Waals surface area contributed by atoms with Crippen molar-refractivity contribution in [2.24, 2.45) is 0 Å². The van der Waals surface area contributed by atoms with Crippen molar-refractivity contribution in [3.63, 3.8) is 0 Å². The molecule has 0 atom stereocenters. The molecule has 0 unspecified atom stereocenters. The largest absolute Gasteiger partial charge is 1.00 e. The average molecular weight is 254 g/mol. The third-order valence-corrected chi connectivity index (χ3v) is 1.44. The Kier molecular flexibility index (Phi) is 5.00. The molecule has 0 bridgehead atoms. The summed E-state index contributed by atoms with van der Waals surface area (Å²) >= 11 is 3.29. The maximum absolute atomic E-state index is 4.05. The lowest BCUT2D eigenvalue weighted by Crippen LogP contribution is -1.78. The molecule has 1 aromatic rings. The van der Waals surface area contributed by atoms with Gasteiger partial charge in [0.15, 0.2) is 0 Å². The molecule has 0 aliphatic rings. The van der Waals surface area contributed by atoms with Gasteiger partial charge in [0.05, 0.1) is 5.69 Å². The molecule has 0 N–H and O–H groups in total. The zero-order valence-electron chi connectivity index (χ0n) is 5.75. The van der Waals surface area contributed by atoms with Gasteiger partial charge in [0, 0.05) is 11.5 Å². The normalized spacial score (nSPS) is 8.11. The van der Waals surface area contributed by atoms with Crippen molar-refractivity contribution in [2.75, 3.05) is 0 Å². The molecule has 1 aromatic heterocycles. The van der Waals surface area contributed by atoms with Gasteiger partial charge in [0.2, 0.25) is 0 Å². The fourth-order valence-corrected chi connectivity index (χ4v) is 0.809. The highest BCUT2D eigenvalue weighted by Crippen LogP contribution is 1.97. The van der Waals surface area contributed by atoms with Crippen LogP contribution in [0, 0.1) is 0 Å². The Hall–Kier alpha value is 0.110. The van der Waals surface area contributed by atoms with Gasteiger partial charge in [0.25, 0.3) is 0 Å². The Balaban J connectivity index is 0. The standard InChI is InChI=1S/C6H6BrN.BrH/c7-5-6-3-1-2-4-8-6;/h1-4H,5H2;1H/p+1. The van der Waals surface area contributed by atoms with Crippen molar-refractivity contribution in [1.82, 2.24) is 4.98 Å². The SMILES string of the molecule is Br.BrCc1ccccn1.[H+]. The van der Waals surface area contributed by atoms with Crippen LogP contribution in [-0.4, -0.2) is 4.98 Å². The molecule has 0 fully saturated rings. The third-order valence-electron chi connectivity index (χ3n) is 0.863. The van der Waals surface area contributed by atoms with Crippen LogP contribution in [0.3, 0.4) is 0 Å². The van der Waals surface area contributed by atoms with Gasteiger partial charge >= 0.3 is 1.43 Å². The predicted octanol–water partition coefficient (Wildman–Crippen LogP) is 2.67. The van der Waals surface area contributed by atoms with Crippen molar-refractivity contribution in [2.45, 2.75) is 5.33 Å². The molecule has 50 valence electrons. The molecular weight excluding hydrogens is 246 g/mol. The maximum Gasteiger partial charge on any atom is 1.00 e. The fourth-order valence-electron chi connectivity index (χ4n) is 0.477. The molecule has 0 aliphatic heterocycles. The van der Waals surface area contributed by atoms with E-state index in [0.717, 1.165) is 11.0 Å². The molecule has 0 spiro atoms. The van der Waals surface area contributed by atoms with E-state index >= 15 is 0 Å². The lowest BCUT2D eigenvalue weighted by atomic mass is 10.4. The van der Waals surface area contributed by atoms with E-state index in [0.29, 0.717) is 0 Å². The van der Waals surface area contributed by atoms with E-state index in [4.69, 9.17) is 0 Å². The van der Waals surface area contributed by atoms with Crippen LogP contribution in [0.25, 0.3) is 0 Å². The summed E-state index contributed by atoms with van der Waals surface area (Å²) in [5.74, 6) is 0. The van der Waals surface area contributed by atoms with Crippen molar-refractivity contribution in [3.05, 3.63) is 30.1 Å². The second kappa shape index (κ2) is 4.94. The Morgan fingerprint density at radius 1 is 1.56 bits per heavy atom. The highest BCUT2D eigenvalue weighted by molar-refractivity contribution is 9.08. The molecule has 0 saturated heterocycles. The van der Waals surface area contributed by atoms with Gasteiger partial charge in [-0.1, -0.05) is 22.0 Å². The van der Waals surface area contributed by atoms with Crippen LogP contribution in [0.4, 0.5) is 0 Å². The van der Waals surface area contributed by atoms with Crippen LogP contribution in [0.2, 0.25) is 0 Å². The average Bonchev–Trinajstić information content (AvgIpc) is 1.90. The monoisotopic (exact) mass is 252 g/mol. The first-order valence-corrected chi connectivity index (χ1v) is 3.51. The van der Waals surface area contributed by atoms with Crippen LogP contribution < -0.4 is 0 Å². The number of hydrogen-bond donors (Lipinski definition) is 0. The minimum absolute atomic E-state index is 0. The topological polar surface area (TPSA) is 12.9 Å². The maximum atomic E-state index is 4.05. The smallest absolute Gasteiger partial charge is 0.260 e. The minimum Gasteiger partial charge on any atom is -0.260 e. The first-order chi connectivity index (χ1) is 3.93. The third kappa shape index (κ3) is 2.96. The van der Waals surface area contributed by atoms with E-state index in [1.807, 2.05) is 18.2 Å². The van der Waals surface area contributed by atoms with Gasteiger partial charge in [-0.15, -0.1) is 17.0 Å². The zero-order valence-corrected chi connectivity index (χ0v) is 8.05. The highest BCUT2D eigenvalue weighted by atomic mass is 79.9. The number of rotatable bonds is 1. The summed E-state index contributed by atoms with van der Waals surface area (Å²) < 4.78 is 0. The summed E-state index contributed by atoms with van der Waals surface area (Å²) in [6.45, 7) is 0. The van der Waals surface area contributed by atoms with Crippen molar-refractivity contribution >= 4 is 32.9 Å². The summed E-state index contributed by atoms with van der Waals surface area (Å²) in [6, 6.07) is 5.87. The predicted molar refractivity (Wildman–Crippen MR) is 48.3 cm³/mol. The van der Waals surface area contributed by atoms with E-state index < -0.39 is 0 Å². The molecule has 1 nitrogen and oxygen atoms in total. The van der Waals surface area contributed by atoms with Gasteiger partial charge in [-0.3, -0.25) is 4.98 Å². The van der Waals surface area contributed by atoms with Gasteiger partial charge in [-0.05, 0) is 12.1 Å². The molecule has 1 rings (SSSR count). The number of nitrogens with zero attached hydrogens (tertiary/aromatic N) is 1. The number of aromatic nitrogens is 1. The van der Waals surface area contributed by atoms with E-state index in [2.05, 4.69) is 20.9 Å². The second-order valence-corrected chi connectivity index (χ2v) is 2.02. The quantitative estimate of drug-likeness (QED) is 0.702. The van der Waals surface area contributed by atoms with Gasteiger partial charge in [-0.2, -0.15) is 0 Å². The molecular formula is C6H8Br2N+. The Bertz CT molecular complexity index is 157. The highest BCUT2D eigenvalue weighted by Gasteiger charge is 1.83. The molecule has 0 saturated carbocycles. The lowest BCUT2D eigenvalue weighted by Gasteiger charge is -1.87. The molecule has 0 radical (unpaired) electrons. The van der Waals surface area contributed by atoms with Crippen molar-refractivity contribution in [3.8, 4) is 0 Å². The van der Waals surface area contributed by atoms with E-state index in [1.54, 1.807) is 6.20 Å². The summed E-state index contributed by atoms with van der Waals surface area (Å²) in [5.41, 5.74) is 1.08. The molecule has 9 heavy (non-hydrogen) atoms. The van der Waals surface area contributed by atoms with Gasteiger partial charge in [0.1, 0.15) is 0 Å². The zero-order chi connectivity index (χ0) is 5.82. The summed E-state index contributed by atoms with van der Waals surface area (Å²) in [6.07, 6.45) is 1.79. The summed E-state index contributed by atoms with van der Waals surface area (Å²) in [4.78, 5) is 4.05. The van der Waals surface area contributed by atoms with Crippen LogP contribution in [0.5, 0.6) is 0 Å². The van der Waals surface area contributed by atoms with Crippen molar-refractivity contribution < 1.29 is 1.43 Å². The fraction of sp³-hybridized carbons (Fsp3) is 0.167. The van der Waals surface area contributed by atoms with E-state index in [-0.39, 0.29) is 18.4 Å². The minimum atomic E-state index is 0. The Labute approximate surface area is 74.9 Å². The molecule has 1 heterocycles. The van der Waals surface area contributed by atoms with Gasteiger partial charge in [-0.25, -0.2) is 0 Å².